The van der Waals surface area contributed by atoms with Gasteiger partial charge in [-0.3, -0.25) is 4.79 Å². The number of amides is 1. The Labute approximate surface area is 116 Å². The molecule has 0 spiro atoms. The topological polar surface area (TPSA) is 55.6 Å². The number of morpholine rings is 1. The van der Waals surface area contributed by atoms with Gasteiger partial charge in [-0.2, -0.15) is 0 Å². The summed E-state index contributed by atoms with van der Waals surface area (Å²) in [6.45, 7) is 3.17. The monoisotopic (exact) mass is 286 g/mol. The van der Waals surface area contributed by atoms with Gasteiger partial charge in [0.25, 0.3) is 5.91 Å². The summed E-state index contributed by atoms with van der Waals surface area (Å²) in [6.07, 6.45) is -0.185. The molecule has 104 valence electrons. The van der Waals surface area contributed by atoms with E-state index < -0.39 is 5.82 Å². The normalized spacial score (nSPS) is 21.3. The number of ether oxygens (including phenoxy) is 1. The molecule has 0 aliphatic carbocycles. The van der Waals surface area contributed by atoms with E-state index in [0.717, 1.165) is 6.07 Å². The van der Waals surface area contributed by atoms with Gasteiger partial charge in [0.15, 0.2) is 0 Å². The molecule has 2 unspecified atom stereocenters. The minimum atomic E-state index is -0.593. The number of hydrogen-bond donors (Lipinski definition) is 1. The van der Waals surface area contributed by atoms with Crippen molar-refractivity contribution in [2.75, 3.05) is 19.7 Å². The van der Waals surface area contributed by atoms with Crippen LogP contribution in [0.15, 0.2) is 18.2 Å². The van der Waals surface area contributed by atoms with E-state index in [4.69, 9.17) is 22.1 Å². The molecule has 0 saturated carbocycles. The van der Waals surface area contributed by atoms with E-state index in [1.165, 1.54) is 12.1 Å². The van der Waals surface area contributed by atoms with Crippen LogP contribution in [0.3, 0.4) is 0 Å². The van der Waals surface area contributed by atoms with Gasteiger partial charge in [-0.15, -0.1) is 0 Å². The average molecular weight is 287 g/mol. The molecule has 4 nitrogen and oxygen atoms in total. The molecule has 1 aromatic carbocycles. The summed E-state index contributed by atoms with van der Waals surface area (Å²) in [7, 11) is 0. The summed E-state index contributed by atoms with van der Waals surface area (Å²) in [5.74, 6) is -0.825. The number of nitrogens with two attached hydrogens (primary N) is 1. The molecule has 2 atom stereocenters. The maximum Gasteiger partial charge on any atom is 0.254 e. The quantitative estimate of drug-likeness (QED) is 0.900. The van der Waals surface area contributed by atoms with Crippen LogP contribution in [-0.2, 0) is 4.74 Å². The van der Waals surface area contributed by atoms with E-state index in [9.17, 15) is 9.18 Å². The first-order valence-corrected chi connectivity index (χ1v) is 6.48. The van der Waals surface area contributed by atoms with Crippen molar-refractivity contribution >= 4 is 17.5 Å². The molecule has 2 N–H and O–H groups in total. The average Bonchev–Trinajstić information content (AvgIpc) is 2.41. The van der Waals surface area contributed by atoms with Crippen LogP contribution in [-0.4, -0.2) is 42.6 Å². The van der Waals surface area contributed by atoms with Gasteiger partial charge in [0.1, 0.15) is 5.82 Å². The van der Waals surface area contributed by atoms with Crippen molar-refractivity contribution in [1.82, 2.24) is 4.90 Å². The van der Waals surface area contributed by atoms with Gasteiger partial charge in [0, 0.05) is 24.7 Å². The lowest BCUT2D eigenvalue weighted by Crippen LogP contribution is -2.51. The lowest BCUT2D eigenvalue weighted by atomic mass is 10.1. The summed E-state index contributed by atoms with van der Waals surface area (Å²) in [6, 6.07) is 3.90. The van der Waals surface area contributed by atoms with Crippen molar-refractivity contribution in [3.63, 3.8) is 0 Å². The van der Waals surface area contributed by atoms with Crippen LogP contribution in [0.1, 0.15) is 17.3 Å². The fraction of sp³-hybridized carbons (Fsp3) is 0.462. The molecule has 0 radical (unpaired) electrons. The van der Waals surface area contributed by atoms with E-state index in [-0.39, 0.29) is 28.6 Å². The molecule has 0 aromatic heterocycles. The molecule has 1 fully saturated rings. The number of benzene rings is 1. The van der Waals surface area contributed by atoms with E-state index in [0.29, 0.717) is 19.7 Å². The molecular weight excluding hydrogens is 271 g/mol. The van der Waals surface area contributed by atoms with Crippen molar-refractivity contribution < 1.29 is 13.9 Å². The second-order valence-corrected chi connectivity index (χ2v) is 5.06. The van der Waals surface area contributed by atoms with Gasteiger partial charge in [-0.05, 0) is 25.1 Å². The molecule has 19 heavy (non-hydrogen) atoms. The third-order valence-electron chi connectivity index (χ3n) is 3.13. The number of hydrogen-bond acceptors (Lipinski definition) is 3. The third-order valence-corrected chi connectivity index (χ3v) is 3.44. The maximum atomic E-state index is 13.4. The van der Waals surface area contributed by atoms with Crippen molar-refractivity contribution in [1.29, 1.82) is 0 Å². The van der Waals surface area contributed by atoms with Crippen LogP contribution in [0.4, 0.5) is 4.39 Å². The number of rotatable bonds is 2. The first-order valence-electron chi connectivity index (χ1n) is 6.10. The third kappa shape index (κ3) is 3.23. The standard InChI is InChI=1S/C13H16ClFN2O2/c1-8(16)12-7-17(4-5-19-12)13(18)9-2-3-10(14)11(15)6-9/h2-3,6,8,12H,4-5,7,16H2,1H3. The minimum absolute atomic E-state index is 0.00647. The lowest BCUT2D eigenvalue weighted by molar-refractivity contribution is -0.0300. The highest BCUT2D eigenvalue weighted by Crippen LogP contribution is 2.18. The van der Waals surface area contributed by atoms with Gasteiger partial charge in [-0.25, -0.2) is 4.39 Å². The van der Waals surface area contributed by atoms with E-state index >= 15 is 0 Å². The van der Waals surface area contributed by atoms with Crippen LogP contribution in [0.5, 0.6) is 0 Å². The Kier molecular flexibility index (Phi) is 4.39. The van der Waals surface area contributed by atoms with Crippen LogP contribution in [0.25, 0.3) is 0 Å². The number of carbonyl (C=O) groups is 1. The summed E-state index contributed by atoms with van der Waals surface area (Å²) in [5.41, 5.74) is 6.06. The highest BCUT2D eigenvalue weighted by atomic mass is 35.5. The zero-order valence-electron chi connectivity index (χ0n) is 10.6. The molecule has 1 saturated heterocycles. The van der Waals surface area contributed by atoms with Gasteiger partial charge < -0.3 is 15.4 Å². The van der Waals surface area contributed by atoms with Gasteiger partial charge in [-0.1, -0.05) is 11.6 Å². The number of nitrogens with zero attached hydrogens (tertiary/aromatic N) is 1. The summed E-state index contributed by atoms with van der Waals surface area (Å²) in [5, 5.41) is 0.00647. The number of halogens is 2. The van der Waals surface area contributed by atoms with Crippen molar-refractivity contribution in [2.24, 2.45) is 5.73 Å². The predicted molar refractivity (Wildman–Crippen MR) is 70.7 cm³/mol. The molecule has 1 aliphatic rings. The Balaban J connectivity index is 2.12. The molecule has 0 bridgehead atoms. The van der Waals surface area contributed by atoms with Gasteiger partial charge >= 0.3 is 0 Å². The first kappa shape index (κ1) is 14.2. The Morgan fingerprint density at radius 1 is 1.63 bits per heavy atom. The predicted octanol–water partition coefficient (Wildman–Crippen LogP) is 1.67. The lowest BCUT2D eigenvalue weighted by Gasteiger charge is -2.34. The molecule has 1 aromatic rings. The van der Waals surface area contributed by atoms with E-state index in [1.54, 1.807) is 4.90 Å². The second kappa shape index (κ2) is 5.86. The largest absolute Gasteiger partial charge is 0.373 e. The van der Waals surface area contributed by atoms with Crippen molar-refractivity contribution in [3.8, 4) is 0 Å². The van der Waals surface area contributed by atoms with Gasteiger partial charge in [0.05, 0.1) is 17.7 Å². The maximum absolute atomic E-state index is 13.4. The van der Waals surface area contributed by atoms with E-state index in [2.05, 4.69) is 0 Å². The molecule has 2 rings (SSSR count). The van der Waals surface area contributed by atoms with Crippen molar-refractivity contribution in [3.05, 3.63) is 34.6 Å². The van der Waals surface area contributed by atoms with Gasteiger partial charge in [0.2, 0.25) is 0 Å². The minimum Gasteiger partial charge on any atom is -0.373 e. The van der Waals surface area contributed by atoms with Crippen molar-refractivity contribution in [2.45, 2.75) is 19.1 Å². The second-order valence-electron chi connectivity index (χ2n) is 4.65. The van der Waals surface area contributed by atoms with Crippen LogP contribution >= 0.6 is 11.6 Å². The van der Waals surface area contributed by atoms with E-state index in [1.807, 2.05) is 6.92 Å². The van der Waals surface area contributed by atoms with Crippen LogP contribution < -0.4 is 5.73 Å². The fourth-order valence-electron chi connectivity index (χ4n) is 1.99. The first-order chi connectivity index (χ1) is 8.99. The zero-order chi connectivity index (χ0) is 14.0. The van der Waals surface area contributed by atoms with Crippen LogP contribution in [0.2, 0.25) is 5.02 Å². The van der Waals surface area contributed by atoms with Crippen LogP contribution in [0, 0.1) is 5.82 Å². The zero-order valence-corrected chi connectivity index (χ0v) is 11.4. The molecule has 6 heteroatoms. The Morgan fingerprint density at radius 2 is 2.37 bits per heavy atom. The number of carbonyl (C=O) groups excluding carboxylic acids is 1. The molecule has 1 amide bonds. The SMILES string of the molecule is CC(N)C1CN(C(=O)c2ccc(Cl)c(F)c2)CCO1. The fourth-order valence-corrected chi connectivity index (χ4v) is 2.11. The molecular formula is C13H16ClFN2O2. The molecule has 1 heterocycles. The summed E-state index contributed by atoms with van der Waals surface area (Å²) < 4.78 is 18.8. The smallest absolute Gasteiger partial charge is 0.254 e. The summed E-state index contributed by atoms with van der Waals surface area (Å²) in [4.78, 5) is 13.9. The highest BCUT2D eigenvalue weighted by molar-refractivity contribution is 6.30. The Bertz CT molecular complexity index is 482. The molecule has 1 aliphatic heterocycles. The highest BCUT2D eigenvalue weighted by Gasteiger charge is 2.27. The Hall–Kier alpha value is -1.17. The Morgan fingerprint density at radius 3 is 3.00 bits per heavy atom. The summed E-state index contributed by atoms with van der Waals surface area (Å²) >= 11 is 5.60.